The minimum atomic E-state index is -4.79. The molecule has 1 aromatic carbocycles. The zero-order chi connectivity index (χ0) is 26.4. The van der Waals surface area contributed by atoms with Crippen LogP contribution in [0.2, 0.25) is 0 Å². The molecule has 0 unspecified atom stereocenters. The first-order valence-corrected chi connectivity index (χ1v) is 12.6. The molecule has 0 aromatic heterocycles. The second-order valence-corrected chi connectivity index (χ2v) is 9.39. The minimum Gasteiger partial charge on any atom is -0.370 e. The molecule has 0 aliphatic rings. The van der Waals surface area contributed by atoms with E-state index in [2.05, 4.69) is 21.3 Å². The summed E-state index contributed by atoms with van der Waals surface area (Å²) in [5.74, 6) is -2.11. The Morgan fingerprint density at radius 3 is 2.11 bits per heavy atom. The summed E-state index contributed by atoms with van der Waals surface area (Å²) in [5.41, 5.74) is 5.85. The normalized spacial score (nSPS) is 12.9. The lowest BCUT2D eigenvalue weighted by atomic mass is 10.1. The third kappa shape index (κ3) is 12.3. The highest BCUT2D eigenvalue weighted by molar-refractivity contribution is 7.86. The predicted molar refractivity (Wildman–Crippen MR) is 127 cm³/mol. The summed E-state index contributed by atoms with van der Waals surface area (Å²) in [4.78, 5) is 47.8. The minimum absolute atomic E-state index is 0.0253. The van der Waals surface area contributed by atoms with Crippen LogP contribution in [0.25, 0.3) is 0 Å². The first-order chi connectivity index (χ1) is 16.4. The Morgan fingerprint density at radius 1 is 0.943 bits per heavy atom. The van der Waals surface area contributed by atoms with Crippen molar-refractivity contribution in [3.63, 3.8) is 0 Å². The van der Waals surface area contributed by atoms with Crippen LogP contribution in [0, 0.1) is 0 Å². The van der Waals surface area contributed by atoms with Gasteiger partial charge in [0.1, 0.15) is 12.1 Å². The Bertz CT molecular complexity index is 971. The Hall–Kier alpha value is -3.06. The quantitative estimate of drug-likeness (QED) is 0.148. The molecule has 0 bridgehead atoms. The number of benzene rings is 1. The van der Waals surface area contributed by atoms with Crippen LogP contribution in [0.5, 0.6) is 0 Å². The van der Waals surface area contributed by atoms with Gasteiger partial charge in [-0.25, -0.2) is 0 Å². The highest BCUT2D eigenvalue weighted by atomic mass is 32.3. The monoisotopic (exact) mass is 515 g/mol. The molecule has 13 heteroatoms. The molecule has 11 nitrogen and oxygen atoms in total. The fourth-order valence-electron chi connectivity index (χ4n) is 3.26. The Kier molecular flexibility index (Phi) is 12.9. The van der Waals surface area contributed by atoms with Crippen LogP contribution >= 0.6 is 0 Å². The van der Waals surface area contributed by atoms with Gasteiger partial charge in [0.2, 0.25) is 23.6 Å². The van der Waals surface area contributed by atoms with Crippen LogP contribution in [0.3, 0.4) is 0 Å². The van der Waals surface area contributed by atoms with E-state index in [0.29, 0.717) is 24.8 Å². The second kappa shape index (κ2) is 15.0. The van der Waals surface area contributed by atoms with Gasteiger partial charge in [0.05, 0.1) is 4.90 Å². The van der Waals surface area contributed by atoms with Gasteiger partial charge in [-0.1, -0.05) is 12.1 Å². The summed E-state index contributed by atoms with van der Waals surface area (Å²) in [6.45, 7) is 2.19. The van der Waals surface area contributed by atoms with Gasteiger partial charge in [-0.2, -0.15) is 8.42 Å². The van der Waals surface area contributed by atoms with Crippen LogP contribution in [0.15, 0.2) is 29.2 Å². The Balaban J connectivity index is 2.75. The maximum atomic E-state index is 13.0. The van der Waals surface area contributed by atoms with E-state index in [1.807, 2.05) is 7.05 Å². The molecule has 0 radical (unpaired) electrons. The summed E-state index contributed by atoms with van der Waals surface area (Å²) in [5, 5.41) is 10.8. The molecule has 6 N–H and O–H groups in total. The van der Waals surface area contributed by atoms with Gasteiger partial charge >= 0.3 is 10.2 Å². The smallest absolute Gasteiger partial charge is 0.332 e. The van der Waals surface area contributed by atoms with Crippen molar-refractivity contribution in [3.05, 3.63) is 29.8 Å². The molecule has 4 amide bonds. The van der Waals surface area contributed by atoms with E-state index in [1.165, 1.54) is 19.1 Å². The van der Waals surface area contributed by atoms with Crippen LogP contribution in [-0.4, -0.2) is 64.3 Å². The molecule has 196 valence electrons. The lowest BCUT2D eigenvalue weighted by molar-refractivity contribution is -0.132. The fourth-order valence-corrected chi connectivity index (χ4v) is 3.73. The zero-order valence-electron chi connectivity index (χ0n) is 19.9. The molecule has 0 aliphatic heterocycles. The lowest BCUT2D eigenvalue weighted by Crippen LogP contribution is -2.53. The average molecular weight is 516 g/mol. The summed E-state index contributed by atoms with van der Waals surface area (Å²) in [6.07, 6.45) is 1.99. The highest BCUT2D eigenvalue weighted by Crippen LogP contribution is 2.13. The molecular weight excluding hydrogens is 481 g/mol. The van der Waals surface area contributed by atoms with Crippen molar-refractivity contribution < 1.29 is 31.5 Å². The molecule has 1 rings (SSSR count). The van der Waals surface area contributed by atoms with Crippen molar-refractivity contribution in [2.45, 2.75) is 62.4 Å². The molecule has 1 aromatic rings. The van der Waals surface area contributed by atoms with Crippen molar-refractivity contribution in [3.8, 4) is 0 Å². The Labute approximate surface area is 205 Å². The number of hydrogen-bond donors (Lipinski definition) is 5. The highest BCUT2D eigenvalue weighted by Gasteiger charge is 2.26. The fraction of sp³-hybridized carbons (Fsp3) is 0.545. The second-order valence-electron chi connectivity index (χ2n) is 8.04. The number of halogens is 1. The largest absolute Gasteiger partial charge is 0.370 e. The predicted octanol–water partition coefficient (Wildman–Crippen LogP) is -0.352. The van der Waals surface area contributed by atoms with Gasteiger partial charge in [-0.15, -0.1) is 3.89 Å². The lowest BCUT2D eigenvalue weighted by Gasteiger charge is -2.23. The molecule has 0 saturated heterocycles. The number of nitrogens with one attached hydrogen (secondary N) is 4. The van der Waals surface area contributed by atoms with E-state index in [1.54, 1.807) is 0 Å². The summed E-state index contributed by atoms with van der Waals surface area (Å²) >= 11 is 0. The molecule has 0 spiro atoms. The first-order valence-electron chi connectivity index (χ1n) is 11.3. The van der Waals surface area contributed by atoms with E-state index in [9.17, 15) is 31.5 Å². The number of amides is 4. The van der Waals surface area contributed by atoms with Crippen molar-refractivity contribution >= 4 is 33.9 Å². The van der Waals surface area contributed by atoms with E-state index in [0.717, 1.165) is 25.1 Å². The number of carbonyl (C=O) groups is 4. The molecule has 2 atom stereocenters. The number of hydrogen-bond acceptors (Lipinski definition) is 7. The first kappa shape index (κ1) is 30.0. The number of nitrogens with two attached hydrogens (primary N) is 1. The van der Waals surface area contributed by atoms with Crippen molar-refractivity contribution in [1.82, 2.24) is 21.3 Å². The van der Waals surface area contributed by atoms with Gasteiger partial charge in [-0.05, 0) is 63.4 Å². The number of unbranched alkanes of at least 4 members (excludes halogenated alkanes) is 1. The zero-order valence-corrected chi connectivity index (χ0v) is 20.8. The molecular formula is C22H34FN5O6S. The van der Waals surface area contributed by atoms with Crippen molar-refractivity contribution in [1.29, 1.82) is 0 Å². The number of rotatable bonds is 16. The van der Waals surface area contributed by atoms with Gasteiger partial charge in [0.15, 0.2) is 0 Å². The van der Waals surface area contributed by atoms with Gasteiger partial charge < -0.3 is 27.0 Å². The topological polar surface area (TPSA) is 177 Å². The molecule has 0 aliphatic carbocycles. The number of carbonyl (C=O) groups excluding carboxylic acids is 4. The maximum absolute atomic E-state index is 13.0. The van der Waals surface area contributed by atoms with Crippen LogP contribution in [0.4, 0.5) is 3.89 Å². The summed E-state index contributed by atoms with van der Waals surface area (Å²) in [6, 6.07) is 3.22. The van der Waals surface area contributed by atoms with E-state index < -0.39 is 44.9 Å². The SMILES string of the molecule is CNCCCC[C@H](NC(C)=O)C(=O)N[C@@H](CCC(N)=O)C(=O)NCCc1ccc(S(=O)(=O)F)cc1. The van der Waals surface area contributed by atoms with E-state index in [4.69, 9.17) is 5.73 Å². The van der Waals surface area contributed by atoms with Crippen LogP contribution in [-0.2, 0) is 35.8 Å². The molecule has 35 heavy (non-hydrogen) atoms. The molecule has 0 fully saturated rings. The molecule has 0 saturated carbocycles. The van der Waals surface area contributed by atoms with E-state index >= 15 is 0 Å². The summed E-state index contributed by atoms with van der Waals surface area (Å²) < 4.78 is 34.8. The van der Waals surface area contributed by atoms with E-state index in [-0.39, 0.29) is 25.3 Å². The van der Waals surface area contributed by atoms with Gasteiger partial charge in [0.25, 0.3) is 0 Å². The average Bonchev–Trinajstić information content (AvgIpc) is 2.77. The standard InChI is InChI=1S/C22H34FN5O6S/c1-15(29)27-18(5-3-4-13-25-2)22(32)28-19(10-11-20(24)30)21(31)26-14-12-16-6-8-17(9-7-16)35(23,33)34/h6-9,18-19,25H,3-5,10-14H2,1-2H3,(H2,24,30)(H,26,31)(H,27,29)(H,28,32)/t18-,19-/m0/s1. The maximum Gasteiger partial charge on any atom is 0.332 e. The van der Waals surface area contributed by atoms with Crippen LogP contribution in [0.1, 0.15) is 44.6 Å². The Morgan fingerprint density at radius 2 is 1.57 bits per heavy atom. The van der Waals surface area contributed by atoms with Gasteiger partial charge in [-0.3, -0.25) is 19.2 Å². The van der Waals surface area contributed by atoms with Crippen LogP contribution < -0.4 is 27.0 Å². The summed E-state index contributed by atoms with van der Waals surface area (Å²) in [7, 11) is -2.98. The van der Waals surface area contributed by atoms with Gasteiger partial charge in [0, 0.05) is 19.9 Å². The number of primary amides is 1. The van der Waals surface area contributed by atoms with Crippen molar-refractivity contribution in [2.75, 3.05) is 20.1 Å². The molecule has 0 heterocycles. The third-order valence-electron chi connectivity index (χ3n) is 5.09. The van der Waals surface area contributed by atoms with Crippen molar-refractivity contribution in [2.24, 2.45) is 5.73 Å². The third-order valence-corrected chi connectivity index (χ3v) is 5.93.